The van der Waals surface area contributed by atoms with Crippen molar-refractivity contribution < 1.29 is 14.3 Å². The van der Waals surface area contributed by atoms with Crippen LogP contribution in [0.5, 0.6) is 0 Å². The highest BCUT2D eigenvalue weighted by Gasteiger charge is 2.19. The highest BCUT2D eigenvalue weighted by Crippen LogP contribution is 2.23. The molecular weight excluding hydrogens is 266 g/mol. The quantitative estimate of drug-likeness (QED) is 0.803. The van der Waals surface area contributed by atoms with Crippen molar-refractivity contribution in [2.45, 2.75) is 39.8 Å². The number of nitrogens with one attached hydrogen (secondary N) is 2. The zero-order valence-electron chi connectivity index (χ0n) is 11.7. The summed E-state index contributed by atoms with van der Waals surface area (Å²) in [5, 5.41) is 6.31. The molecule has 1 amide bonds. The summed E-state index contributed by atoms with van der Waals surface area (Å²) in [6.07, 6.45) is 0. The van der Waals surface area contributed by atoms with Crippen molar-refractivity contribution in [2.24, 2.45) is 0 Å². The zero-order chi connectivity index (χ0) is 14.6. The summed E-state index contributed by atoms with van der Waals surface area (Å²) >= 11 is 1.18. The Morgan fingerprint density at radius 3 is 2.47 bits per heavy atom. The van der Waals surface area contributed by atoms with E-state index in [9.17, 15) is 9.59 Å². The number of nitrogens with zero attached hydrogens (tertiary/aromatic N) is 1. The third kappa shape index (κ3) is 4.20. The average Bonchev–Trinajstić information content (AvgIpc) is 2.68. The van der Waals surface area contributed by atoms with E-state index >= 15 is 0 Å². The number of aryl methyl sites for hydroxylation is 1. The molecule has 0 aliphatic carbocycles. The highest BCUT2D eigenvalue weighted by molar-refractivity contribution is 7.17. The third-order valence-electron chi connectivity index (χ3n) is 2.33. The Morgan fingerprint density at radius 2 is 1.95 bits per heavy atom. The molecule has 0 aromatic carbocycles. The summed E-state index contributed by atoms with van der Waals surface area (Å²) in [5.74, 6) is -0.523. The van der Waals surface area contributed by atoms with E-state index in [2.05, 4.69) is 20.4 Å². The zero-order valence-corrected chi connectivity index (χ0v) is 12.6. The second-order valence-corrected chi connectivity index (χ2v) is 5.45. The average molecular weight is 285 g/mol. The van der Waals surface area contributed by atoms with E-state index in [0.717, 1.165) is 0 Å². The Labute approximate surface area is 116 Å². The summed E-state index contributed by atoms with van der Waals surface area (Å²) in [5.41, 5.74) is 0.593. The predicted octanol–water partition coefficient (Wildman–Crippen LogP) is 1.56. The minimum atomic E-state index is -0.418. The predicted molar refractivity (Wildman–Crippen MR) is 74.6 cm³/mol. The number of amides is 1. The van der Waals surface area contributed by atoms with Crippen molar-refractivity contribution in [3.8, 4) is 0 Å². The van der Waals surface area contributed by atoms with Crippen LogP contribution >= 0.6 is 11.3 Å². The van der Waals surface area contributed by atoms with Crippen LogP contribution in [0.15, 0.2) is 0 Å². The van der Waals surface area contributed by atoms with E-state index in [0.29, 0.717) is 15.7 Å². The first-order chi connectivity index (χ1) is 8.85. The number of aromatic nitrogens is 1. The maximum absolute atomic E-state index is 11.8. The molecular formula is C12H19N3O3S. The number of carbonyl (C=O) groups excluding carboxylic acids is 2. The maximum atomic E-state index is 11.8. The second-order valence-electron chi connectivity index (χ2n) is 4.45. The van der Waals surface area contributed by atoms with Crippen LogP contribution in [-0.2, 0) is 9.53 Å². The standard InChI is InChI=1S/C12H19N3O3S/c1-6(2)13-10(16)8(4)15-12-14-7(3)9(19-12)11(17)18-5/h6,8H,1-5H3,(H,13,16)(H,14,15). The number of carbonyl (C=O) groups is 2. The van der Waals surface area contributed by atoms with Gasteiger partial charge in [-0.05, 0) is 27.7 Å². The summed E-state index contributed by atoms with van der Waals surface area (Å²) < 4.78 is 4.66. The molecule has 0 saturated heterocycles. The van der Waals surface area contributed by atoms with Gasteiger partial charge in [0.25, 0.3) is 0 Å². The minimum absolute atomic E-state index is 0.0837. The smallest absolute Gasteiger partial charge is 0.350 e. The Bertz CT molecular complexity index is 471. The Balaban J connectivity index is 2.72. The van der Waals surface area contributed by atoms with Crippen LogP contribution in [-0.4, -0.2) is 36.1 Å². The molecule has 6 nitrogen and oxygen atoms in total. The van der Waals surface area contributed by atoms with Crippen LogP contribution in [0.4, 0.5) is 5.13 Å². The van der Waals surface area contributed by atoms with Gasteiger partial charge in [-0.3, -0.25) is 4.79 Å². The Kier molecular flexibility index (Phi) is 5.29. The Hall–Kier alpha value is -1.63. The van der Waals surface area contributed by atoms with Crippen molar-refractivity contribution in [3.63, 3.8) is 0 Å². The molecule has 2 N–H and O–H groups in total. The van der Waals surface area contributed by atoms with Gasteiger partial charge in [-0.25, -0.2) is 9.78 Å². The van der Waals surface area contributed by atoms with Crippen molar-refractivity contribution in [1.29, 1.82) is 0 Å². The van der Waals surface area contributed by atoms with E-state index in [1.807, 2.05) is 13.8 Å². The fraction of sp³-hybridized carbons (Fsp3) is 0.583. The number of anilines is 1. The molecule has 0 bridgehead atoms. The number of thiazole rings is 1. The van der Waals surface area contributed by atoms with Crippen LogP contribution in [0, 0.1) is 6.92 Å². The van der Waals surface area contributed by atoms with Gasteiger partial charge in [-0.2, -0.15) is 0 Å². The topological polar surface area (TPSA) is 80.3 Å². The first-order valence-electron chi connectivity index (χ1n) is 5.97. The number of hydrogen-bond acceptors (Lipinski definition) is 6. The van der Waals surface area contributed by atoms with Gasteiger partial charge in [0.05, 0.1) is 12.8 Å². The van der Waals surface area contributed by atoms with Crippen LogP contribution < -0.4 is 10.6 Å². The van der Waals surface area contributed by atoms with Crippen LogP contribution in [0.1, 0.15) is 36.1 Å². The molecule has 1 heterocycles. The molecule has 1 aromatic rings. The van der Waals surface area contributed by atoms with Crippen molar-refractivity contribution in [3.05, 3.63) is 10.6 Å². The summed E-state index contributed by atoms with van der Waals surface area (Å²) in [6, 6.07) is -0.334. The van der Waals surface area contributed by atoms with Gasteiger partial charge in [-0.1, -0.05) is 11.3 Å². The highest BCUT2D eigenvalue weighted by atomic mass is 32.1. The van der Waals surface area contributed by atoms with Gasteiger partial charge in [0.2, 0.25) is 5.91 Å². The van der Waals surface area contributed by atoms with Crippen molar-refractivity contribution in [2.75, 3.05) is 12.4 Å². The van der Waals surface area contributed by atoms with E-state index in [-0.39, 0.29) is 11.9 Å². The molecule has 19 heavy (non-hydrogen) atoms. The molecule has 0 radical (unpaired) electrons. The fourth-order valence-corrected chi connectivity index (χ4v) is 2.37. The summed E-state index contributed by atoms with van der Waals surface area (Å²) in [7, 11) is 1.33. The van der Waals surface area contributed by atoms with Gasteiger partial charge < -0.3 is 15.4 Å². The summed E-state index contributed by atoms with van der Waals surface area (Å²) in [4.78, 5) is 27.9. The first kappa shape index (κ1) is 15.4. The monoisotopic (exact) mass is 285 g/mol. The van der Waals surface area contributed by atoms with Gasteiger partial charge in [-0.15, -0.1) is 0 Å². The third-order valence-corrected chi connectivity index (χ3v) is 3.40. The van der Waals surface area contributed by atoms with Crippen LogP contribution in [0.2, 0.25) is 0 Å². The molecule has 106 valence electrons. The lowest BCUT2D eigenvalue weighted by atomic mass is 10.3. The molecule has 0 fully saturated rings. The number of rotatable bonds is 5. The molecule has 1 rings (SSSR count). The van der Waals surface area contributed by atoms with Crippen molar-refractivity contribution in [1.82, 2.24) is 10.3 Å². The molecule has 7 heteroatoms. The Morgan fingerprint density at radius 1 is 1.32 bits per heavy atom. The SMILES string of the molecule is COC(=O)c1sc(NC(C)C(=O)NC(C)C)nc1C. The van der Waals surface area contributed by atoms with E-state index in [4.69, 9.17) is 0 Å². The molecule has 0 aliphatic rings. The van der Waals surface area contributed by atoms with Crippen LogP contribution in [0.3, 0.4) is 0 Å². The molecule has 0 saturated carbocycles. The summed E-state index contributed by atoms with van der Waals surface area (Å²) in [6.45, 7) is 7.26. The largest absolute Gasteiger partial charge is 0.465 e. The number of esters is 1. The molecule has 1 aromatic heterocycles. The van der Waals surface area contributed by atoms with E-state index in [1.165, 1.54) is 18.4 Å². The number of ether oxygens (including phenoxy) is 1. The van der Waals surface area contributed by atoms with Gasteiger partial charge in [0.1, 0.15) is 10.9 Å². The maximum Gasteiger partial charge on any atom is 0.350 e. The fourth-order valence-electron chi connectivity index (χ4n) is 1.40. The van der Waals surface area contributed by atoms with Gasteiger partial charge in [0.15, 0.2) is 5.13 Å². The van der Waals surface area contributed by atoms with Crippen LogP contribution in [0.25, 0.3) is 0 Å². The normalized spacial score (nSPS) is 12.1. The lowest BCUT2D eigenvalue weighted by Gasteiger charge is -2.15. The number of hydrogen-bond donors (Lipinski definition) is 2. The molecule has 1 atom stereocenters. The minimum Gasteiger partial charge on any atom is -0.465 e. The second kappa shape index (κ2) is 6.51. The van der Waals surface area contributed by atoms with Crippen molar-refractivity contribution >= 4 is 28.3 Å². The lowest BCUT2D eigenvalue weighted by Crippen LogP contribution is -2.40. The first-order valence-corrected chi connectivity index (χ1v) is 6.79. The van der Waals surface area contributed by atoms with E-state index < -0.39 is 12.0 Å². The molecule has 0 aliphatic heterocycles. The van der Waals surface area contributed by atoms with E-state index in [1.54, 1.807) is 13.8 Å². The van der Waals surface area contributed by atoms with Gasteiger partial charge >= 0.3 is 5.97 Å². The molecule has 0 spiro atoms. The van der Waals surface area contributed by atoms with Gasteiger partial charge in [0, 0.05) is 6.04 Å². The lowest BCUT2D eigenvalue weighted by molar-refractivity contribution is -0.122. The molecule has 1 unspecified atom stereocenters. The number of methoxy groups -OCH3 is 1.